The van der Waals surface area contributed by atoms with Crippen molar-refractivity contribution in [1.29, 1.82) is 0 Å². The van der Waals surface area contributed by atoms with Crippen LogP contribution in [0.1, 0.15) is 29.9 Å². The van der Waals surface area contributed by atoms with E-state index in [1.807, 2.05) is 48.7 Å². The summed E-state index contributed by atoms with van der Waals surface area (Å²) in [6.45, 7) is 7.99. The van der Waals surface area contributed by atoms with Crippen LogP contribution in [0.2, 0.25) is 5.02 Å². The number of aryl methyl sites for hydroxylation is 1. The molecule has 35 heavy (non-hydrogen) atoms. The molecule has 1 aromatic heterocycles. The number of aromatic nitrogens is 3. The van der Waals surface area contributed by atoms with E-state index in [0.29, 0.717) is 28.2 Å². The third kappa shape index (κ3) is 7.34. The van der Waals surface area contributed by atoms with E-state index in [0.717, 1.165) is 16.9 Å². The maximum Gasteiger partial charge on any atom is 0.234 e. The number of carbonyl (C=O) groups is 2. The van der Waals surface area contributed by atoms with E-state index in [4.69, 9.17) is 16.3 Å². The fourth-order valence-electron chi connectivity index (χ4n) is 3.31. The van der Waals surface area contributed by atoms with Gasteiger partial charge in [-0.1, -0.05) is 47.6 Å². The summed E-state index contributed by atoms with van der Waals surface area (Å²) in [7, 11) is 1.60. The summed E-state index contributed by atoms with van der Waals surface area (Å²) in [6, 6.07) is 12.3. The monoisotopic (exact) mass is 513 g/mol. The number of thioether (sulfide) groups is 1. The SMILES string of the molecule is C=CCn1c(SCC(=O)Nc2ccc(C)c(Cl)c2)nnc1C(C)NC(=O)Cc1ccc(OC)cc1. The summed E-state index contributed by atoms with van der Waals surface area (Å²) >= 11 is 7.39. The van der Waals surface area contributed by atoms with E-state index < -0.39 is 0 Å². The van der Waals surface area contributed by atoms with Gasteiger partial charge in [-0.25, -0.2) is 0 Å². The van der Waals surface area contributed by atoms with Crippen molar-refractivity contribution in [1.82, 2.24) is 20.1 Å². The smallest absolute Gasteiger partial charge is 0.234 e. The van der Waals surface area contributed by atoms with Gasteiger partial charge in [-0.15, -0.1) is 16.8 Å². The predicted octanol–water partition coefficient (Wildman–Crippen LogP) is 4.59. The lowest BCUT2D eigenvalue weighted by molar-refractivity contribution is -0.121. The number of nitrogens with zero attached hydrogens (tertiary/aromatic N) is 3. The maximum atomic E-state index is 12.6. The normalized spacial score (nSPS) is 11.5. The van der Waals surface area contributed by atoms with E-state index >= 15 is 0 Å². The number of hydrogen-bond acceptors (Lipinski definition) is 6. The largest absolute Gasteiger partial charge is 0.497 e. The number of hydrogen-bond donors (Lipinski definition) is 2. The van der Waals surface area contributed by atoms with Crippen LogP contribution >= 0.6 is 23.4 Å². The van der Waals surface area contributed by atoms with Crippen LogP contribution in [0.4, 0.5) is 5.69 Å². The van der Waals surface area contributed by atoms with Gasteiger partial charge >= 0.3 is 0 Å². The topological polar surface area (TPSA) is 98.1 Å². The molecular formula is C25H28ClN5O3S. The van der Waals surface area contributed by atoms with Crippen LogP contribution in [0.3, 0.4) is 0 Å². The van der Waals surface area contributed by atoms with Crippen LogP contribution in [-0.4, -0.2) is 39.4 Å². The van der Waals surface area contributed by atoms with Crippen molar-refractivity contribution in [2.24, 2.45) is 0 Å². The molecule has 8 nitrogen and oxygen atoms in total. The maximum absolute atomic E-state index is 12.6. The molecule has 1 atom stereocenters. The van der Waals surface area contributed by atoms with Gasteiger partial charge in [-0.3, -0.25) is 9.59 Å². The molecule has 2 N–H and O–H groups in total. The molecule has 0 spiro atoms. The first-order valence-corrected chi connectivity index (χ1v) is 12.3. The molecule has 0 radical (unpaired) electrons. The summed E-state index contributed by atoms with van der Waals surface area (Å²) < 4.78 is 6.99. The molecule has 0 bridgehead atoms. The Bertz CT molecular complexity index is 1200. The third-order valence-electron chi connectivity index (χ3n) is 5.13. The lowest BCUT2D eigenvalue weighted by Crippen LogP contribution is -2.30. The van der Waals surface area contributed by atoms with Gasteiger partial charge in [-0.2, -0.15) is 0 Å². The molecule has 0 fully saturated rings. The predicted molar refractivity (Wildman–Crippen MR) is 139 cm³/mol. The van der Waals surface area contributed by atoms with E-state index in [2.05, 4.69) is 27.4 Å². The summed E-state index contributed by atoms with van der Waals surface area (Å²) in [5, 5.41) is 15.4. The fourth-order valence-corrected chi connectivity index (χ4v) is 4.25. The molecule has 0 aliphatic heterocycles. The van der Waals surface area contributed by atoms with Crippen LogP contribution in [0.5, 0.6) is 5.75 Å². The van der Waals surface area contributed by atoms with Crippen LogP contribution in [0.15, 0.2) is 60.3 Å². The molecule has 0 aliphatic carbocycles. The minimum atomic E-state index is -0.383. The quantitative estimate of drug-likeness (QED) is 0.287. The zero-order valence-corrected chi connectivity index (χ0v) is 21.4. The first kappa shape index (κ1) is 26.3. The molecule has 2 amide bonds. The Morgan fingerprint density at radius 3 is 2.60 bits per heavy atom. The van der Waals surface area contributed by atoms with Gasteiger partial charge in [0.05, 0.1) is 25.3 Å². The van der Waals surface area contributed by atoms with Crippen molar-refractivity contribution >= 4 is 40.9 Å². The summed E-state index contributed by atoms with van der Waals surface area (Å²) in [5.41, 5.74) is 2.45. The number of allylic oxidation sites excluding steroid dienone is 1. The summed E-state index contributed by atoms with van der Waals surface area (Å²) in [6.07, 6.45) is 1.95. The Hall–Kier alpha value is -3.30. The minimum Gasteiger partial charge on any atom is -0.497 e. The number of halogens is 1. The molecule has 2 aromatic carbocycles. The van der Waals surface area contributed by atoms with Crippen molar-refractivity contribution in [3.8, 4) is 5.75 Å². The first-order chi connectivity index (χ1) is 16.8. The fraction of sp³-hybridized carbons (Fsp3) is 0.280. The molecule has 3 rings (SSSR count). The Balaban J connectivity index is 1.60. The van der Waals surface area contributed by atoms with Crippen LogP contribution in [0.25, 0.3) is 0 Å². The van der Waals surface area contributed by atoms with Crippen molar-refractivity contribution in [2.75, 3.05) is 18.2 Å². The van der Waals surface area contributed by atoms with Gasteiger partial charge in [0.15, 0.2) is 11.0 Å². The number of rotatable bonds is 11. The van der Waals surface area contributed by atoms with Crippen LogP contribution in [0, 0.1) is 6.92 Å². The Morgan fingerprint density at radius 2 is 1.94 bits per heavy atom. The second kappa shape index (κ2) is 12.4. The second-order valence-corrected chi connectivity index (χ2v) is 9.20. The highest BCUT2D eigenvalue weighted by atomic mass is 35.5. The lowest BCUT2D eigenvalue weighted by Gasteiger charge is -2.15. The van der Waals surface area contributed by atoms with Crippen molar-refractivity contribution < 1.29 is 14.3 Å². The van der Waals surface area contributed by atoms with Crippen molar-refractivity contribution in [2.45, 2.75) is 38.0 Å². The van der Waals surface area contributed by atoms with E-state index in [1.165, 1.54) is 11.8 Å². The molecule has 0 aliphatic rings. The molecule has 1 heterocycles. The molecule has 1 unspecified atom stereocenters. The number of carbonyl (C=O) groups excluding carboxylic acids is 2. The number of methoxy groups -OCH3 is 1. The highest BCUT2D eigenvalue weighted by molar-refractivity contribution is 7.99. The summed E-state index contributed by atoms with van der Waals surface area (Å²) in [5.74, 6) is 1.13. The second-order valence-electron chi connectivity index (χ2n) is 7.85. The Labute approximate surface area is 214 Å². The van der Waals surface area contributed by atoms with Crippen LogP contribution in [-0.2, 0) is 22.6 Å². The number of anilines is 1. The average molecular weight is 514 g/mol. The van der Waals surface area contributed by atoms with E-state index in [9.17, 15) is 9.59 Å². The molecule has 0 saturated carbocycles. The third-order valence-corrected chi connectivity index (χ3v) is 6.51. The molecular weight excluding hydrogens is 486 g/mol. The average Bonchev–Trinajstić information content (AvgIpc) is 3.23. The van der Waals surface area contributed by atoms with Gasteiger partial charge in [0.2, 0.25) is 11.8 Å². The number of amides is 2. The number of nitrogens with one attached hydrogen (secondary N) is 2. The van der Waals surface area contributed by atoms with Gasteiger partial charge in [0.1, 0.15) is 5.75 Å². The minimum absolute atomic E-state index is 0.138. The molecule has 0 saturated heterocycles. The molecule has 3 aromatic rings. The summed E-state index contributed by atoms with van der Waals surface area (Å²) in [4.78, 5) is 25.0. The molecule has 184 valence electrons. The van der Waals surface area contributed by atoms with Gasteiger partial charge in [-0.05, 0) is 49.2 Å². The van der Waals surface area contributed by atoms with E-state index in [1.54, 1.807) is 25.3 Å². The van der Waals surface area contributed by atoms with Crippen molar-refractivity contribution in [3.63, 3.8) is 0 Å². The highest BCUT2D eigenvalue weighted by Crippen LogP contribution is 2.23. The number of ether oxygens (including phenoxy) is 1. The van der Waals surface area contributed by atoms with Gasteiger partial charge in [0, 0.05) is 17.3 Å². The van der Waals surface area contributed by atoms with Gasteiger partial charge in [0.25, 0.3) is 0 Å². The highest BCUT2D eigenvalue weighted by Gasteiger charge is 2.20. The van der Waals surface area contributed by atoms with Gasteiger partial charge < -0.3 is 19.9 Å². The zero-order chi connectivity index (χ0) is 25.4. The standard InChI is InChI=1S/C25H28ClN5O3S/c1-5-12-31-24(17(3)27-22(32)13-18-7-10-20(34-4)11-8-18)29-30-25(31)35-15-23(33)28-19-9-6-16(2)21(26)14-19/h5-11,14,17H,1,12-13,15H2,2-4H3,(H,27,32)(H,28,33). The number of benzene rings is 2. The Kier molecular flexibility index (Phi) is 9.33. The van der Waals surface area contributed by atoms with Crippen LogP contribution < -0.4 is 15.4 Å². The first-order valence-electron chi connectivity index (χ1n) is 11.0. The Morgan fingerprint density at radius 1 is 1.20 bits per heavy atom. The molecule has 10 heteroatoms. The lowest BCUT2D eigenvalue weighted by atomic mass is 10.1. The van der Waals surface area contributed by atoms with Crippen molar-refractivity contribution in [3.05, 3.63) is 77.1 Å². The van der Waals surface area contributed by atoms with E-state index in [-0.39, 0.29) is 30.0 Å². The zero-order valence-electron chi connectivity index (χ0n) is 19.9.